The number of pyridine rings is 1. The van der Waals surface area contributed by atoms with Crippen LogP contribution in [0.1, 0.15) is 19.4 Å². The van der Waals surface area contributed by atoms with Crippen molar-refractivity contribution in [3.63, 3.8) is 0 Å². The monoisotopic (exact) mass is 214 g/mol. The molecule has 0 bridgehead atoms. The largest absolute Gasteiger partial charge is 0.439 e. The molecule has 1 heterocycles. The van der Waals surface area contributed by atoms with Crippen molar-refractivity contribution in [2.75, 3.05) is 0 Å². The van der Waals surface area contributed by atoms with Gasteiger partial charge in [-0.15, -0.1) is 0 Å². The molecule has 4 nitrogen and oxygen atoms in total. The van der Waals surface area contributed by atoms with Crippen LogP contribution in [0.3, 0.4) is 0 Å². The third-order valence-corrected chi connectivity index (χ3v) is 2.06. The molecule has 14 heavy (non-hydrogen) atoms. The summed E-state index contributed by atoms with van der Waals surface area (Å²) in [7, 11) is 0. The first-order valence-corrected chi connectivity index (χ1v) is 4.41. The molecule has 0 spiro atoms. The number of hydrogen-bond donors (Lipinski definition) is 1. The Bertz CT molecular complexity index is 352. The summed E-state index contributed by atoms with van der Waals surface area (Å²) in [5.74, 6) is 0. The fourth-order valence-corrected chi connectivity index (χ4v) is 1.49. The molecule has 0 aliphatic carbocycles. The van der Waals surface area contributed by atoms with E-state index in [0.29, 0.717) is 10.7 Å². The molecule has 5 heteroatoms. The number of nitrogens with two attached hydrogens (primary N) is 1. The van der Waals surface area contributed by atoms with Gasteiger partial charge in [-0.1, -0.05) is 17.7 Å². The number of aromatic nitrogens is 1. The van der Waals surface area contributed by atoms with E-state index in [0.717, 1.165) is 0 Å². The molecular weight excluding hydrogens is 204 g/mol. The van der Waals surface area contributed by atoms with Crippen LogP contribution in [-0.2, 0) is 10.3 Å². The minimum Gasteiger partial charge on any atom is -0.439 e. The van der Waals surface area contributed by atoms with Crippen molar-refractivity contribution in [1.82, 2.24) is 4.98 Å². The van der Waals surface area contributed by atoms with Crippen LogP contribution in [0.25, 0.3) is 0 Å². The molecule has 0 aliphatic rings. The minimum atomic E-state index is -0.864. The van der Waals surface area contributed by atoms with Gasteiger partial charge in [0.25, 0.3) is 0 Å². The van der Waals surface area contributed by atoms with Crippen LogP contribution in [0.15, 0.2) is 18.3 Å². The molecular formula is C9H11ClN2O2. The molecule has 0 atom stereocenters. The van der Waals surface area contributed by atoms with Crippen LogP contribution >= 0.6 is 11.6 Å². The maximum absolute atomic E-state index is 10.6. The molecule has 0 unspecified atom stereocenters. The Kier molecular flexibility index (Phi) is 2.96. The van der Waals surface area contributed by atoms with Crippen LogP contribution in [0.2, 0.25) is 5.15 Å². The lowest BCUT2D eigenvalue weighted by Gasteiger charge is -2.24. The third kappa shape index (κ3) is 2.35. The van der Waals surface area contributed by atoms with E-state index < -0.39 is 11.7 Å². The normalized spacial score (nSPS) is 11.1. The lowest BCUT2D eigenvalue weighted by molar-refractivity contribution is 0.0431. The smallest absolute Gasteiger partial charge is 0.405 e. The number of carbonyl (C=O) groups excluding carboxylic acids is 1. The van der Waals surface area contributed by atoms with Gasteiger partial charge in [0.1, 0.15) is 10.8 Å². The third-order valence-electron chi connectivity index (χ3n) is 1.76. The van der Waals surface area contributed by atoms with E-state index in [1.165, 1.54) is 0 Å². The number of rotatable bonds is 2. The van der Waals surface area contributed by atoms with Gasteiger partial charge in [0.2, 0.25) is 0 Å². The molecule has 1 rings (SSSR count). The second kappa shape index (κ2) is 3.84. The highest BCUT2D eigenvalue weighted by Crippen LogP contribution is 2.29. The Hall–Kier alpha value is -1.29. The molecule has 1 aromatic heterocycles. The molecule has 0 radical (unpaired) electrons. The summed E-state index contributed by atoms with van der Waals surface area (Å²) < 4.78 is 4.92. The van der Waals surface area contributed by atoms with Crippen molar-refractivity contribution >= 4 is 17.7 Å². The summed E-state index contributed by atoms with van der Waals surface area (Å²) in [6.07, 6.45) is 0.724. The van der Waals surface area contributed by atoms with Crippen molar-refractivity contribution < 1.29 is 9.53 Å². The fraction of sp³-hybridized carbons (Fsp3) is 0.333. The van der Waals surface area contributed by atoms with Gasteiger partial charge in [0.05, 0.1) is 0 Å². The summed E-state index contributed by atoms with van der Waals surface area (Å²) in [6.45, 7) is 3.39. The zero-order valence-corrected chi connectivity index (χ0v) is 8.71. The van der Waals surface area contributed by atoms with Gasteiger partial charge in [-0.3, -0.25) is 0 Å². The second-order valence-corrected chi connectivity index (χ2v) is 3.63. The first kappa shape index (κ1) is 10.8. The molecule has 76 valence electrons. The Morgan fingerprint density at radius 2 is 2.29 bits per heavy atom. The summed E-state index contributed by atoms with van der Waals surface area (Å²) in [4.78, 5) is 14.5. The van der Waals surface area contributed by atoms with Crippen molar-refractivity contribution in [2.45, 2.75) is 19.4 Å². The maximum atomic E-state index is 10.6. The molecule has 0 saturated heterocycles. The van der Waals surface area contributed by atoms with Gasteiger partial charge >= 0.3 is 6.09 Å². The van der Waals surface area contributed by atoms with Crippen LogP contribution < -0.4 is 5.73 Å². The topological polar surface area (TPSA) is 65.2 Å². The van der Waals surface area contributed by atoms with Gasteiger partial charge in [-0.25, -0.2) is 9.78 Å². The van der Waals surface area contributed by atoms with E-state index in [2.05, 4.69) is 4.98 Å². The van der Waals surface area contributed by atoms with Crippen molar-refractivity contribution in [1.29, 1.82) is 0 Å². The van der Waals surface area contributed by atoms with Gasteiger partial charge < -0.3 is 10.5 Å². The second-order valence-electron chi connectivity index (χ2n) is 3.27. The predicted octanol–water partition coefficient (Wildman–Crippen LogP) is 2.07. The molecule has 2 N–H and O–H groups in total. The Labute approximate surface area is 87.0 Å². The number of amides is 1. The molecule has 0 saturated carbocycles. The number of ether oxygens (including phenoxy) is 1. The number of primary amides is 1. The molecule has 1 aromatic rings. The minimum absolute atomic E-state index is 0.304. The Morgan fingerprint density at radius 1 is 1.64 bits per heavy atom. The van der Waals surface area contributed by atoms with E-state index in [9.17, 15) is 4.79 Å². The van der Waals surface area contributed by atoms with E-state index in [1.54, 1.807) is 32.2 Å². The SMILES string of the molecule is CC(C)(OC(N)=O)c1cccnc1Cl. The summed E-state index contributed by atoms with van der Waals surface area (Å²) >= 11 is 5.85. The standard InChI is InChI=1S/C9H11ClN2O2/c1-9(2,14-8(11)13)6-4-3-5-12-7(6)10/h3-5H,1-2H3,(H2,11,13). The van der Waals surface area contributed by atoms with Gasteiger partial charge in [0, 0.05) is 11.8 Å². The van der Waals surface area contributed by atoms with Crippen molar-refractivity contribution in [3.05, 3.63) is 29.0 Å². The highest BCUT2D eigenvalue weighted by atomic mass is 35.5. The first-order chi connectivity index (χ1) is 6.43. The Balaban J connectivity index is 3.03. The van der Waals surface area contributed by atoms with Gasteiger partial charge in [-0.05, 0) is 19.9 Å². The lowest BCUT2D eigenvalue weighted by atomic mass is 10.0. The summed E-state index contributed by atoms with van der Waals surface area (Å²) in [6, 6.07) is 3.45. The van der Waals surface area contributed by atoms with E-state index in [1.807, 2.05) is 0 Å². The first-order valence-electron chi connectivity index (χ1n) is 4.03. The average Bonchev–Trinajstić information content (AvgIpc) is 2.02. The summed E-state index contributed by atoms with van der Waals surface area (Å²) in [5.41, 5.74) is 4.70. The fourth-order valence-electron chi connectivity index (χ4n) is 1.14. The molecule has 0 aromatic carbocycles. The highest BCUT2D eigenvalue weighted by molar-refractivity contribution is 6.30. The van der Waals surface area contributed by atoms with Crippen LogP contribution in [-0.4, -0.2) is 11.1 Å². The average molecular weight is 215 g/mol. The van der Waals surface area contributed by atoms with E-state index in [4.69, 9.17) is 22.1 Å². The maximum Gasteiger partial charge on any atom is 0.405 e. The quantitative estimate of drug-likeness (QED) is 0.767. The van der Waals surface area contributed by atoms with Gasteiger partial charge in [-0.2, -0.15) is 0 Å². The number of hydrogen-bond acceptors (Lipinski definition) is 3. The lowest BCUT2D eigenvalue weighted by Crippen LogP contribution is -2.29. The predicted molar refractivity (Wildman–Crippen MR) is 52.9 cm³/mol. The molecule has 0 fully saturated rings. The number of halogens is 1. The molecule has 0 aliphatic heterocycles. The van der Waals surface area contributed by atoms with Crippen LogP contribution in [0, 0.1) is 0 Å². The van der Waals surface area contributed by atoms with Crippen molar-refractivity contribution in [3.8, 4) is 0 Å². The number of carbonyl (C=O) groups is 1. The molecule has 1 amide bonds. The summed E-state index contributed by atoms with van der Waals surface area (Å²) in [5, 5.41) is 0.304. The zero-order valence-electron chi connectivity index (χ0n) is 7.95. The van der Waals surface area contributed by atoms with E-state index in [-0.39, 0.29) is 0 Å². The van der Waals surface area contributed by atoms with Crippen LogP contribution in [0.5, 0.6) is 0 Å². The zero-order chi connectivity index (χ0) is 10.8. The van der Waals surface area contributed by atoms with Crippen LogP contribution in [0.4, 0.5) is 4.79 Å². The van der Waals surface area contributed by atoms with E-state index >= 15 is 0 Å². The number of nitrogens with zero attached hydrogens (tertiary/aromatic N) is 1. The van der Waals surface area contributed by atoms with Crippen molar-refractivity contribution in [2.24, 2.45) is 5.73 Å². The van der Waals surface area contributed by atoms with Gasteiger partial charge in [0.15, 0.2) is 0 Å². The highest BCUT2D eigenvalue weighted by Gasteiger charge is 2.27. The Morgan fingerprint density at radius 3 is 2.79 bits per heavy atom.